The summed E-state index contributed by atoms with van der Waals surface area (Å²) in [5, 5.41) is 0.446. The lowest BCUT2D eigenvalue weighted by molar-refractivity contribution is 0.242. The molecule has 0 aromatic heterocycles. The maximum absolute atomic E-state index is 2.53. The summed E-state index contributed by atoms with van der Waals surface area (Å²) in [6.45, 7) is 9.45. The molecule has 0 N–H and O–H groups in total. The Balaban J connectivity index is 2.66. The highest BCUT2D eigenvalue weighted by Gasteiger charge is 2.39. The topological polar surface area (TPSA) is 0 Å². The molecule has 1 unspecified atom stereocenters. The molecule has 1 aliphatic carbocycles. The fourth-order valence-electron chi connectivity index (χ4n) is 2.70. The van der Waals surface area contributed by atoms with Crippen molar-refractivity contribution in [3.63, 3.8) is 0 Å². The average Bonchev–Trinajstić information content (AvgIpc) is 2.17. The summed E-state index contributed by atoms with van der Waals surface area (Å²) in [6, 6.07) is 0. The lowest BCUT2D eigenvalue weighted by Gasteiger charge is -2.47. The summed E-state index contributed by atoms with van der Waals surface area (Å²) in [5.41, 5.74) is 2.12. The van der Waals surface area contributed by atoms with Gasteiger partial charge in [0.2, 0.25) is 0 Å². The summed E-state index contributed by atoms with van der Waals surface area (Å²) in [7, 11) is 4.91. The lowest BCUT2D eigenvalue weighted by Crippen LogP contribution is -2.37. The van der Waals surface area contributed by atoms with Gasteiger partial charge in [0, 0.05) is 0 Å². The third-order valence-corrected chi connectivity index (χ3v) is 5.03. The van der Waals surface area contributed by atoms with Crippen molar-refractivity contribution in [3.8, 4) is 0 Å². The quantitative estimate of drug-likeness (QED) is 0.504. The third kappa shape index (κ3) is 2.96. The van der Waals surface area contributed by atoms with E-state index in [0.717, 1.165) is 5.92 Å². The molecule has 0 heterocycles. The Labute approximate surface area is 104 Å². The summed E-state index contributed by atoms with van der Waals surface area (Å²) in [4.78, 5) is 0. The zero-order valence-corrected chi connectivity index (χ0v) is 12.2. The molecule has 0 bridgehead atoms. The molecule has 0 aliphatic heterocycles. The lowest BCUT2D eigenvalue weighted by atomic mass is 9.37. The van der Waals surface area contributed by atoms with Crippen LogP contribution in [0.4, 0.5) is 0 Å². The van der Waals surface area contributed by atoms with E-state index in [2.05, 4.69) is 49.5 Å². The highest BCUT2D eigenvalue weighted by atomic mass is 14.4. The first-order valence-electron chi connectivity index (χ1n) is 6.97. The Bertz CT molecular complexity index is 258. The maximum Gasteiger partial charge on any atom is 0.100 e. The Hall–Kier alpha value is -0.130. The van der Waals surface area contributed by atoms with Crippen LogP contribution < -0.4 is 0 Å². The fraction of sp³-hybridized carbons (Fsp3) is 0.857. The normalized spacial score (nSPS) is 23.0. The molecule has 1 aliphatic rings. The minimum absolute atomic E-state index is 0.410. The van der Waals surface area contributed by atoms with Gasteiger partial charge in [0.15, 0.2) is 0 Å². The molecule has 16 heavy (non-hydrogen) atoms. The molecule has 1 rings (SSSR count). The highest BCUT2D eigenvalue weighted by molar-refractivity contribution is 6.40. The third-order valence-electron chi connectivity index (χ3n) is 5.03. The van der Waals surface area contributed by atoms with Crippen LogP contribution in [-0.2, 0) is 0 Å². The van der Waals surface area contributed by atoms with Gasteiger partial charge < -0.3 is 0 Å². The molecular formula is C14H28B2. The van der Waals surface area contributed by atoms with Crippen molar-refractivity contribution in [3.05, 3.63) is 11.6 Å². The second kappa shape index (κ2) is 5.02. The van der Waals surface area contributed by atoms with E-state index in [9.17, 15) is 0 Å². The number of hydrogen-bond donors (Lipinski definition) is 0. The number of hydrogen-bond acceptors (Lipinski definition) is 0. The Morgan fingerprint density at radius 3 is 2.31 bits per heavy atom. The van der Waals surface area contributed by atoms with Crippen molar-refractivity contribution in [2.45, 2.75) is 65.0 Å². The van der Waals surface area contributed by atoms with Crippen molar-refractivity contribution in [1.29, 1.82) is 0 Å². The monoisotopic (exact) mass is 218 g/mol. The zero-order chi connectivity index (χ0) is 12.4. The van der Waals surface area contributed by atoms with Crippen molar-refractivity contribution in [1.82, 2.24) is 0 Å². The molecule has 0 saturated carbocycles. The molecule has 0 spiro atoms. The van der Waals surface area contributed by atoms with E-state index in [0.29, 0.717) is 10.6 Å². The predicted octanol–water partition coefficient (Wildman–Crippen LogP) is 2.94. The van der Waals surface area contributed by atoms with Gasteiger partial charge in [-0.2, -0.15) is 0 Å². The molecule has 1 atom stereocenters. The largest absolute Gasteiger partial charge is 0.100 e. The van der Waals surface area contributed by atoms with Gasteiger partial charge in [-0.25, -0.2) is 0 Å². The summed E-state index contributed by atoms with van der Waals surface area (Å²) in [5.74, 6) is 0.869. The summed E-state index contributed by atoms with van der Waals surface area (Å²) < 4.78 is 0. The van der Waals surface area contributed by atoms with Crippen molar-refractivity contribution < 1.29 is 0 Å². The highest BCUT2D eigenvalue weighted by Crippen LogP contribution is 2.50. The minimum atomic E-state index is 0.410. The van der Waals surface area contributed by atoms with E-state index in [1.54, 1.807) is 5.57 Å². The summed E-state index contributed by atoms with van der Waals surface area (Å²) in [6.07, 6.45) is 9.21. The van der Waals surface area contributed by atoms with Gasteiger partial charge in [-0.1, -0.05) is 51.0 Å². The number of allylic oxidation sites excluding steroid dienone is 2. The zero-order valence-electron chi connectivity index (χ0n) is 12.2. The van der Waals surface area contributed by atoms with Crippen LogP contribution in [0, 0.1) is 11.3 Å². The predicted molar refractivity (Wildman–Crippen MR) is 79.6 cm³/mol. The molecule has 2 heteroatoms. The van der Waals surface area contributed by atoms with Crippen LogP contribution in [0.3, 0.4) is 0 Å². The smallest absolute Gasteiger partial charge is 0.0851 e. The van der Waals surface area contributed by atoms with Gasteiger partial charge in [0.25, 0.3) is 0 Å². The van der Waals surface area contributed by atoms with Crippen LogP contribution >= 0.6 is 0 Å². The van der Waals surface area contributed by atoms with E-state index in [-0.39, 0.29) is 0 Å². The van der Waals surface area contributed by atoms with E-state index in [1.807, 2.05) is 0 Å². The van der Waals surface area contributed by atoms with Crippen molar-refractivity contribution >= 4 is 15.7 Å². The fourth-order valence-corrected chi connectivity index (χ4v) is 2.70. The first-order valence-corrected chi connectivity index (χ1v) is 6.97. The van der Waals surface area contributed by atoms with Crippen LogP contribution in [0.1, 0.15) is 59.8 Å². The Kier molecular flexibility index (Phi) is 4.37. The molecule has 90 valence electrons. The van der Waals surface area contributed by atoms with Crippen molar-refractivity contribution in [2.24, 2.45) is 11.3 Å². The average molecular weight is 218 g/mol. The minimum Gasteiger partial charge on any atom is -0.0851 e. The standard InChI is InChI=1S/C14H28B2/c1-5-6-11-7-9-12(10-8-11)14(15,16)13(2,3)4/h7,12H,5-6,8-10,15-16H2,1-4H3. The van der Waals surface area contributed by atoms with E-state index in [1.165, 1.54) is 32.1 Å². The Morgan fingerprint density at radius 1 is 1.31 bits per heavy atom. The van der Waals surface area contributed by atoms with Gasteiger partial charge in [0.05, 0.1) is 0 Å². The first kappa shape index (κ1) is 13.9. The first-order chi connectivity index (χ1) is 7.29. The maximum atomic E-state index is 2.53. The van der Waals surface area contributed by atoms with Crippen LogP contribution in [0.5, 0.6) is 0 Å². The van der Waals surface area contributed by atoms with Crippen LogP contribution in [0.2, 0.25) is 5.21 Å². The van der Waals surface area contributed by atoms with Gasteiger partial charge in [-0.3, -0.25) is 0 Å². The molecule has 0 fully saturated rings. The van der Waals surface area contributed by atoms with Gasteiger partial charge in [0.1, 0.15) is 15.7 Å². The molecule has 0 amide bonds. The van der Waals surface area contributed by atoms with Crippen LogP contribution in [0.25, 0.3) is 0 Å². The van der Waals surface area contributed by atoms with E-state index in [4.69, 9.17) is 0 Å². The molecule has 0 aromatic carbocycles. The molecule has 0 aromatic rings. The van der Waals surface area contributed by atoms with E-state index >= 15 is 0 Å². The van der Waals surface area contributed by atoms with Gasteiger partial charge >= 0.3 is 0 Å². The molecule has 0 radical (unpaired) electrons. The Morgan fingerprint density at radius 2 is 1.94 bits per heavy atom. The van der Waals surface area contributed by atoms with Gasteiger partial charge in [-0.15, -0.1) is 0 Å². The van der Waals surface area contributed by atoms with E-state index < -0.39 is 0 Å². The summed E-state index contributed by atoms with van der Waals surface area (Å²) >= 11 is 0. The second-order valence-electron chi connectivity index (χ2n) is 7.06. The van der Waals surface area contributed by atoms with Crippen LogP contribution in [-0.4, -0.2) is 15.7 Å². The molecule has 0 nitrogen and oxygen atoms in total. The van der Waals surface area contributed by atoms with Gasteiger partial charge in [-0.05, 0) is 37.0 Å². The van der Waals surface area contributed by atoms with Crippen LogP contribution in [0.15, 0.2) is 11.6 Å². The van der Waals surface area contributed by atoms with Crippen molar-refractivity contribution in [2.75, 3.05) is 0 Å². The molecule has 0 saturated heterocycles. The molecular weight excluding hydrogens is 190 g/mol. The number of rotatable bonds is 3. The second-order valence-corrected chi connectivity index (χ2v) is 7.06. The SMILES string of the molecule is BC(B)(C1CC=C(CCC)CC1)C(C)(C)C.